The van der Waals surface area contributed by atoms with Gasteiger partial charge in [-0.25, -0.2) is 12.8 Å². The Morgan fingerprint density at radius 1 is 1.33 bits per heavy atom. The normalized spacial score (nSPS) is 20.0. The number of nitrogens with one attached hydrogen (secondary N) is 1. The van der Waals surface area contributed by atoms with Gasteiger partial charge in [-0.1, -0.05) is 0 Å². The molecule has 1 unspecified atom stereocenters. The Morgan fingerprint density at radius 3 is 2.67 bits per heavy atom. The van der Waals surface area contributed by atoms with Gasteiger partial charge in [0.1, 0.15) is 13.1 Å². The highest BCUT2D eigenvalue weighted by Crippen LogP contribution is 2.26. The fourth-order valence-electron chi connectivity index (χ4n) is 3.81. The summed E-state index contributed by atoms with van der Waals surface area (Å²) in [4.78, 5) is 1.20. The predicted molar refractivity (Wildman–Crippen MR) is 101 cm³/mol. The summed E-state index contributed by atoms with van der Waals surface area (Å²) in [5.74, 6) is 0.295. The molecule has 1 aromatic heterocycles. The first-order chi connectivity index (χ1) is 12.7. The lowest BCUT2D eigenvalue weighted by molar-refractivity contribution is -0.907. The van der Waals surface area contributed by atoms with Gasteiger partial charge in [0.15, 0.2) is 21.4 Å². The molecule has 1 aliphatic rings. The summed E-state index contributed by atoms with van der Waals surface area (Å²) < 4.78 is 44.3. The van der Waals surface area contributed by atoms with Crippen LogP contribution in [0.4, 0.5) is 4.39 Å². The number of hydrogen-bond acceptors (Lipinski definition) is 4. The second kappa shape index (κ2) is 7.59. The van der Waals surface area contributed by atoms with Crippen LogP contribution in [-0.2, 0) is 22.9 Å². The number of nitrogens with zero attached hydrogens (tertiary/aromatic N) is 2. The van der Waals surface area contributed by atoms with Gasteiger partial charge in [-0.05, 0) is 38.5 Å². The number of sulfone groups is 1. The molecule has 0 amide bonds. The lowest BCUT2D eigenvalue weighted by Gasteiger charge is -2.16. The van der Waals surface area contributed by atoms with Gasteiger partial charge in [0.05, 0.1) is 43.0 Å². The number of methoxy groups -OCH3 is 1. The van der Waals surface area contributed by atoms with E-state index in [1.165, 1.54) is 18.1 Å². The summed E-state index contributed by atoms with van der Waals surface area (Å²) in [6.45, 7) is 5.37. The summed E-state index contributed by atoms with van der Waals surface area (Å²) in [6.07, 6.45) is 0.623. The Hall–Kier alpha value is -1.93. The highest BCUT2D eigenvalue weighted by molar-refractivity contribution is 7.91. The van der Waals surface area contributed by atoms with Crippen molar-refractivity contribution >= 4 is 9.84 Å². The van der Waals surface area contributed by atoms with Crippen LogP contribution in [0.25, 0.3) is 0 Å². The van der Waals surface area contributed by atoms with E-state index in [0.717, 1.165) is 29.1 Å². The third-order valence-electron chi connectivity index (χ3n) is 5.23. The van der Waals surface area contributed by atoms with Crippen LogP contribution < -0.4 is 9.64 Å². The van der Waals surface area contributed by atoms with E-state index in [4.69, 9.17) is 4.74 Å². The smallest absolute Gasteiger partial charge is 0.165 e. The van der Waals surface area contributed by atoms with E-state index in [9.17, 15) is 12.8 Å². The molecule has 2 atom stereocenters. The van der Waals surface area contributed by atoms with E-state index in [-0.39, 0.29) is 29.1 Å². The maximum atomic E-state index is 13.9. The minimum atomic E-state index is -2.95. The van der Waals surface area contributed by atoms with Crippen LogP contribution in [0.15, 0.2) is 18.2 Å². The summed E-state index contributed by atoms with van der Waals surface area (Å²) in [5, 5.41) is 4.62. The number of hydrogen-bond donors (Lipinski definition) is 1. The molecule has 1 aromatic carbocycles. The molecule has 0 radical (unpaired) electrons. The minimum absolute atomic E-state index is 0.0709. The van der Waals surface area contributed by atoms with Crippen molar-refractivity contribution in [3.8, 4) is 5.75 Å². The van der Waals surface area contributed by atoms with Gasteiger partial charge in [0, 0.05) is 11.3 Å². The fourth-order valence-corrected chi connectivity index (χ4v) is 5.50. The molecule has 3 rings (SSSR count). The molecule has 2 aromatic rings. The second-order valence-electron chi connectivity index (χ2n) is 7.43. The first-order valence-corrected chi connectivity index (χ1v) is 10.9. The van der Waals surface area contributed by atoms with Gasteiger partial charge in [-0.15, -0.1) is 0 Å². The average molecular weight is 397 g/mol. The van der Waals surface area contributed by atoms with E-state index >= 15 is 0 Å². The molecule has 8 heteroatoms. The molecule has 1 fully saturated rings. The molecular weight excluding hydrogens is 369 g/mol. The average Bonchev–Trinajstić information content (AvgIpc) is 3.08. The third-order valence-corrected chi connectivity index (χ3v) is 6.98. The van der Waals surface area contributed by atoms with Crippen LogP contribution in [0.3, 0.4) is 0 Å². The maximum absolute atomic E-state index is 13.9. The highest BCUT2D eigenvalue weighted by Gasteiger charge is 2.31. The first-order valence-electron chi connectivity index (χ1n) is 9.09. The highest BCUT2D eigenvalue weighted by atomic mass is 32.2. The van der Waals surface area contributed by atoms with E-state index in [0.29, 0.717) is 13.0 Å². The summed E-state index contributed by atoms with van der Waals surface area (Å²) in [5.41, 5.74) is 3.98. The largest absolute Gasteiger partial charge is 0.494 e. The summed E-state index contributed by atoms with van der Waals surface area (Å²) >= 11 is 0. The zero-order valence-electron chi connectivity index (χ0n) is 16.3. The molecule has 0 saturated carbocycles. The van der Waals surface area contributed by atoms with Gasteiger partial charge in [0.25, 0.3) is 0 Å². The molecule has 6 nitrogen and oxygen atoms in total. The van der Waals surface area contributed by atoms with Crippen LogP contribution in [-0.4, -0.2) is 43.9 Å². The van der Waals surface area contributed by atoms with Gasteiger partial charge in [-0.3, -0.25) is 4.68 Å². The van der Waals surface area contributed by atoms with Crippen LogP contribution in [0.5, 0.6) is 5.75 Å². The molecular formula is C19H27FN3O3S+. The van der Waals surface area contributed by atoms with Crippen molar-refractivity contribution in [1.82, 2.24) is 9.78 Å². The number of benzene rings is 1. The molecule has 0 aliphatic carbocycles. The van der Waals surface area contributed by atoms with Crippen molar-refractivity contribution in [3.63, 3.8) is 0 Å². The molecule has 0 spiro atoms. The number of aryl methyl sites for hydroxylation is 1. The van der Waals surface area contributed by atoms with Crippen LogP contribution in [0, 0.1) is 19.7 Å². The van der Waals surface area contributed by atoms with Gasteiger partial charge in [0.2, 0.25) is 0 Å². The monoisotopic (exact) mass is 396 g/mol. The summed E-state index contributed by atoms with van der Waals surface area (Å²) in [6, 6.07) is 4.96. The third kappa shape index (κ3) is 4.32. The van der Waals surface area contributed by atoms with E-state index in [2.05, 4.69) is 12.1 Å². The number of quaternary nitrogens is 1. The van der Waals surface area contributed by atoms with Gasteiger partial charge in [-0.2, -0.15) is 5.10 Å². The molecule has 1 N–H and O–H groups in total. The van der Waals surface area contributed by atoms with E-state index in [1.54, 1.807) is 6.07 Å². The molecule has 2 heterocycles. The molecule has 1 saturated heterocycles. The lowest BCUT2D eigenvalue weighted by Crippen LogP contribution is -3.06. The second-order valence-corrected chi connectivity index (χ2v) is 9.66. The number of halogens is 1. The van der Waals surface area contributed by atoms with E-state index in [1.807, 2.05) is 24.6 Å². The van der Waals surface area contributed by atoms with Crippen LogP contribution in [0.1, 0.15) is 35.0 Å². The number of rotatable bonds is 6. The van der Waals surface area contributed by atoms with E-state index < -0.39 is 9.84 Å². The first kappa shape index (κ1) is 19.8. The Bertz CT molecular complexity index is 940. The number of ether oxygens (including phenoxy) is 1. The molecule has 148 valence electrons. The molecule has 1 aliphatic heterocycles. The van der Waals surface area contributed by atoms with Crippen molar-refractivity contribution in [1.29, 1.82) is 0 Å². The minimum Gasteiger partial charge on any atom is -0.494 e. The van der Waals surface area contributed by atoms with Crippen molar-refractivity contribution in [2.75, 3.05) is 25.7 Å². The van der Waals surface area contributed by atoms with Gasteiger partial charge >= 0.3 is 0 Å². The Balaban J connectivity index is 1.73. The van der Waals surface area contributed by atoms with Crippen LogP contribution >= 0.6 is 0 Å². The molecule has 27 heavy (non-hydrogen) atoms. The van der Waals surface area contributed by atoms with Crippen LogP contribution in [0.2, 0.25) is 0 Å². The van der Waals surface area contributed by atoms with Crippen molar-refractivity contribution in [3.05, 3.63) is 46.5 Å². The Kier molecular flexibility index (Phi) is 5.58. The topological polar surface area (TPSA) is 65.6 Å². The SMILES string of the molecule is COc1ccc(C[NH+](C)Cc2c(C)nn([C@H]3CCS(=O)(=O)C3)c2C)cc1F. The molecule has 0 bridgehead atoms. The number of aromatic nitrogens is 2. The van der Waals surface area contributed by atoms with Crippen molar-refractivity contribution < 1.29 is 22.4 Å². The quantitative estimate of drug-likeness (QED) is 0.798. The lowest BCUT2D eigenvalue weighted by atomic mass is 10.1. The fraction of sp³-hybridized carbons (Fsp3) is 0.526. The zero-order chi connectivity index (χ0) is 19.8. The Labute approximate surface area is 159 Å². The summed E-state index contributed by atoms with van der Waals surface area (Å²) in [7, 11) is 0.557. The maximum Gasteiger partial charge on any atom is 0.165 e. The zero-order valence-corrected chi connectivity index (χ0v) is 17.1. The van der Waals surface area contributed by atoms with Crippen molar-refractivity contribution in [2.45, 2.75) is 39.4 Å². The van der Waals surface area contributed by atoms with Gasteiger partial charge < -0.3 is 9.64 Å². The Morgan fingerprint density at radius 2 is 2.07 bits per heavy atom. The predicted octanol–water partition coefficient (Wildman–Crippen LogP) is 1.22. The van der Waals surface area contributed by atoms with Crippen molar-refractivity contribution in [2.24, 2.45) is 0 Å². The standard InChI is InChI=1S/C19H26FN3O3S/c1-13-17(14(2)23(21-13)16-7-8-27(24,25)12-16)11-22(3)10-15-5-6-19(26-4)18(20)9-15/h5-6,9,16H,7-8,10-12H2,1-4H3/p+1/t16-/m0/s1.